The Bertz CT molecular complexity index is 887. The van der Waals surface area contributed by atoms with Gasteiger partial charge in [0.2, 0.25) is 0 Å². The van der Waals surface area contributed by atoms with Gasteiger partial charge < -0.3 is 15.4 Å². The number of hydrogen-bond donors (Lipinski definition) is 4. The summed E-state index contributed by atoms with van der Waals surface area (Å²) in [6, 6.07) is 16.4. The zero-order valence-electron chi connectivity index (χ0n) is 24.4. The zero-order valence-corrected chi connectivity index (χ0v) is 25.1. The monoisotopic (exact) mass is 560 g/mol. The molecule has 1 aliphatic carbocycles. The molecule has 0 aliphatic heterocycles. The minimum absolute atomic E-state index is 0.245. The van der Waals surface area contributed by atoms with Crippen LogP contribution in [-0.4, -0.2) is 43.7 Å². The van der Waals surface area contributed by atoms with E-state index in [9.17, 15) is 4.79 Å². The molecule has 1 fully saturated rings. The lowest BCUT2D eigenvalue weighted by atomic mass is 9.83. The van der Waals surface area contributed by atoms with Gasteiger partial charge in [0, 0.05) is 29.2 Å². The van der Waals surface area contributed by atoms with Crippen molar-refractivity contribution in [2.45, 2.75) is 52.9 Å². The van der Waals surface area contributed by atoms with Crippen LogP contribution < -0.4 is 10.6 Å². The van der Waals surface area contributed by atoms with Crippen LogP contribution in [0.15, 0.2) is 84.9 Å². The molecule has 0 atom stereocenters. The lowest BCUT2D eigenvalue weighted by molar-refractivity contribution is -0.176. The van der Waals surface area contributed by atoms with Gasteiger partial charge in [-0.3, -0.25) is 15.3 Å². The standard InChI is InChI=1S/C20H23NO.C6H9Cl.C3H9N.C2H4.CH2O.H2O2/c1-21-19-13-11-16(12-14-19)15-7-9-18(10-8-15)20(22)17-5-3-2-4-6-17;1-3-5-6(7)4-2;1-3-4-2;3*1-2/h7-14,17,21H,2-6H2,1H3;3-5H,1-2H3;4H,3H2,1-2H3;1-2H2;1H2;1-2H/b;5-3?,6-4+;;;;. The molecule has 218 valence electrons. The summed E-state index contributed by atoms with van der Waals surface area (Å²) >= 11 is 5.54. The maximum atomic E-state index is 12.5. The molecule has 0 spiro atoms. The van der Waals surface area contributed by atoms with Gasteiger partial charge in [-0.2, -0.15) is 0 Å². The Labute approximate surface area is 241 Å². The van der Waals surface area contributed by atoms with Crippen LogP contribution in [0.4, 0.5) is 5.69 Å². The molecule has 0 radical (unpaired) electrons. The largest absolute Gasteiger partial charge is 0.388 e. The van der Waals surface area contributed by atoms with Crippen molar-refractivity contribution in [3.63, 3.8) is 0 Å². The van der Waals surface area contributed by atoms with Gasteiger partial charge in [0.05, 0.1) is 0 Å². The number of anilines is 1. The second kappa shape index (κ2) is 29.5. The molecule has 0 bridgehead atoms. The molecule has 0 unspecified atom stereocenters. The maximum Gasteiger partial charge on any atom is 0.165 e. The number of allylic oxidation sites excluding steroid dienone is 4. The summed E-state index contributed by atoms with van der Waals surface area (Å²) in [7, 11) is 3.85. The van der Waals surface area contributed by atoms with Crippen LogP contribution in [0.25, 0.3) is 11.1 Å². The van der Waals surface area contributed by atoms with Crippen molar-refractivity contribution >= 4 is 29.9 Å². The molecule has 4 N–H and O–H groups in total. The van der Waals surface area contributed by atoms with Crippen LogP contribution in [-0.2, 0) is 4.79 Å². The van der Waals surface area contributed by atoms with Crippen molar-refractivity contribution < 1.29 is 20.1 Å². The molecular formula is C32H49ClN2O4. The summed E-state index contributed by atoms with van der Waals surface area (Å²) in [5, 5.41) is 18.8. The number of hydrogen-bond acceptors (Lipinski definition) is 6. The summed E-state index contributed by atoms with van der Waals surface area (Å²) in [6.45, 7) is 15.0. The molecule has 7 heteroatoms. The van der Waals surface area contributed by atoms with Crippen LogP contribution in [0, 0.1) is 5.92 Å². The molecule has 0 heterocycles. The molecule has 1 saturated carbocycles. The van der Waals surface area contributed by atoms with Gasteiger partial charge in [0.15, 0.2) is 5.78 Å². The third kappa shape index (κ3) is 18.8. The summed E-state index contributed by atoms with van der Waals surface area (Å²) < 4.78 is 0. The smallest absolute Gasteiger partial charge is 0.165 e. The Balaban J connectivity index is -0.000000636. The van der Waals surface area contributed by atoms with Crippen LogP contribution >= 0.6 is 11.6 Å². The molecule has 2 aromatic carbocycles. The van der Waals surface area contributed by atoms with Gasteiger partial charge in [-0.1, -0.05) is 86.3 Å². The van der Waals surface area contributed by atoms with E-state index in [1.807, 2.05) is 65.1 Å². The van der Waals surface area contributed by atoms with Gasteiger partial charge in [0.1, 0.15) is 6.79 Å². The van der Waals surface area contributed by atoms with Crippen molar-refractivity contribution in [1.29, 1.82) is 0 Å². The Morgan fingerprint density at radius 2 is 1.36 bits per heavy atom. The number of rotatable bonds is 6. The van der Waals surface area contributed by atoms with Crippen LogP contribution in [0.5, 0.6) is 0 Å². The first-order valence-corrected chi connectivity index (χ1v) is 13.4. The third-order valence-corrected chi connectivity index (χ3v) is 5.95. The molecule has 1 aliphatic rings. The normalized spacial score (nSPS) is 12.3. The van der Waals surface area contributed by atoms with E-state index in [0.717, 1.165) is 41.2 Å². The fourth-order valence-corrected chi connectivity index (χ4v) is 3.64. The molecule has 0 saturated heterocycles. The Hall–Kier alpha value is -3.03. The van der Waals surface area contributed by atoms with Crippen LogP contribution in [0.1, 0.15) is 63.2 Å². The fraction of sp³-hybridized carbons (Fsp3) is 0.375. The molecule has 0 amide bonds. The SMILES string of the molecule is C=C.C=O.CC=C/C(Cl)=C\C.CCNC.CNc1ccc(-c2ccc(C(=O)C3CCCCC3)cc2)cc1.OO. The summed E-state index contributed by atoms with van der Waals surface area (Å²) in [5.41, 5.74) is 4.30. The lowest BCUT2D eigenvalue weighted by Crippen LogP contribution is -2.17. The van der Waals surface area contributed by atoms with Crippen molar-refractivity contribution in [3.05, 3.63) is 90.5 Å². The van der Waals surface area contributed by atoms with Crippen LogP contribution in [0.3, 0.4) is 0 Å². The van der Waals surface area contributed by atoms with Crippen LogP contribution in [0.2, 0.25) is 0 Å². The van der Waals surface area contributed by atoms with Gasteiger partial charge in [0.25, 0.3) is 0 Å². The molecule has 0 aromatic heterocycles. The predicted octanol–water partition coefficient (Wildman–Crippen LogP) is 8.72. The first kappa shape index (κ1) is 40.5. The molecule has 39 heavy (non-hydrogen) atoms. The van der Waals surface area contributed by atoms with Crippen molar-refractivity contribution in [1.82, 2.24) is 5.32 Å². The average molecular weight is 561 g/mol. The van der Waals surface area contributed by atoms with Gasteiger partial charge in [-0.25, -0.2) is 0 Å². The number of ketones is 1. The highest BCUT2D eigenvalue weighted by molar-refractivity contribution is 6.31. The average Bonchev–Trinajstić information content (AvgIpc) is 3.04. The second-order valence-corrected chi connectivity index (χ2v) is 8.42. The Morgan fingerprint density at radius 3 is 1.69 bits per heavy atom. The predicted molar refractivity (Wildman–Crippen MR) is 170 cm³/mol. The zero-order chi connectivity index (χ0) is 30.5. The van der Waals surface area contributed by atoms with E-state index in [1.165, 1.54) is 24.8 Å². The van der Waals surface area contributed by atoms with E-state index in [4.69, 9.17) is 26.9 Å². The number of carbonyl (C=O) groups excluding carboxylic acids is 2. The van der Waals surface area contributed by atoms with Gasteiger partial charge in [-0.05, 0) is 69.6 Å². The first-order valence-electron chi connectivity index (χ1n) is 13.0. The minimum Gasteiger partial charge on any atom is -0.388 e. The summed E-state index contributed by atoms with van der Waals surface area (Å²) in [4.78, 5) is 20.5. The van der Waals surface area contributed by atoms with E-state index in [1.54, 1.807) is 0 Å². The number of nitrogens with one attached hydrogen (secondary N) is 2. The molecular weight excluding hydrogens is 512 g/mol. The van der Waals surface area contributed by atoms with E-state index in [0.29, 0.717) is 5.78 Å². The van der Waals surface area contributed by atoms with Gasteiger partial charge in [-0.15, -0.1) is 13.2 Å². The minimum atomic E-state index is 0.245. The van der Waals surface area contributed by atoms with E-state index >= 15 is 0 Å². The highest BCUT2D eigenvalue weighted by Crippen LogP contribution is 2.28. The molecule has 6 nitrogen and oxygen atoms in total. The Morgan fingerprint density at radius 1 is 0.923 bits per heavy atom. The number of halogens is 1. The fourth-order valence-electron chi connectivity index (χ4n) is 3.51. The summed E-state index contributed by atoms with van der Waals surface area (Å²) in [6.07, 6.45) is 11.4. The highest BCUT2D eigenvalue weighted by Gasteiger charge is 2.22. The maximum absolute atomic E-state index is 12.5. The number of carbonyl (C=O) groups is 2. The van der Waals surface area contributed by atoms with E-state index < -0.39 is 0 Å². The number of Topliss-reactive ketones (excluding diaryl/α,β-unsaturated/α-hetero) is 1. The topological polar surface area (TPSA) is 98.7 Å². The molecule has 2 aromatic rings. The van der Waals surface area contributed by atoms with Crippen molar-refractivity contribution in [2.75, 3.05) is 26.0 Å². The third-order valence-electron chi connectivity index (χ3n) is 5.61. The first-order chi connectivity index (χ1) is 19.0. The van der Waals surface area contributed by atoms with Gasteiger partial charge >= 0.3 is 0 Å². The van der Waals surface area contributed by atoms with E-state index in [-0.39, 0.29) is 5.92 Å². The lowest BCUT2D eigenvalue weighted by Gasteiger charge is -2.20. The van der Waals surface area contributed by atoms with Crippen molar-refractivity contribution in [3.8, 4) is 11.1 Å². The quantitative estimate of drug-likeness (QED) is 0.0926. The molecule has 3 rings (SSSR count). The van der Waals surface area contributed by atoms with Crippen molar-refractivity contribution in [2.24, 2.45) is 5.92 Å². The van der Waals surface area contributed by atoms with E-state index in [2.05, 4.69) is 67.1 Å². The number of benzene rings is 2. The second-order valence-electron chi connectivity index (χ2n) is 7.98. The Kier molecular flexibility index (Phi) is 30.6. The summed E-state index contributed by atoms with van der Waals surface area (Å²) in [5.74, 6) is 0.575. The highest BCUT2D eigenvalue weighted by atomic mass is 35.5.